The number of hydrogen-bond donors (Lipinski definition) is 1. The van der Waals surface area contributed by atoms with Crippen molar-refractivity contribution < 1.29 is 9.13 Å². The van der Waals surface area contributed by atoms with Gasteiger partial charge in [-0.1, -0.05) is 17.7 Å². The van der Waals surface area contributed by atoms with Crippen LogP contribution in [-0.2, 0) is 19.4 Å². The number of fused-ring (bicyclic) bond motifs is 2. The Morgan fingerprint density at radius 2 is 1.92 bits per heavy atom. The van der Waals surface area contributed by atoms with Crippen molar-refractivity contribution in [3.8, 4) is 5.75 Å². The lowest BCUT2D eigenvalue weighted by molar-refractivity contribution is 0.306. The molecule has 0 aliphatic carbocycles. The van der Waals surface area contributed by atoms with Gasteiger partial charge in [0.05, 0.1) is 12.2 Å². The van der Waals surface area contributed by atoms with Crippen LogP contribution in [0.2, 0.25) is 5.02 Å². The van der Waals surface area contributed by atoms with E-state index in [0.29, 0.717) is 23.7 Å². The highest BCUT2D eigenvalue weighted by Gasteiger charge is 2.22. The number of rotatable bonds is 2. The van der Waals surface area contributed by atoms with Crippen LogP contribution in [0.25, 0.3) is 0 Å². The summed E-state index contributed by atoms with van der Waals surface area (Å²) in [6.45, 7) is 3.91. The Bertz CT molecular complexity index is 765. The van der Waals surface area contributed by atoms with Crippen molar-refractivity contribution in [2.24, 2.45) is 0 Å². The Hall–Kier alpha value is -1.78. The molecule has 4 rings (SSSR count). The minimum Gasteiger partial charge on any atom is -0.490 e. The molecule has 24 heavy (non-hydrogen) atoms. The van der Waals surface area contributed by atoms with Gasteiger partial charge in [0, 0.05) is 17.1 Å². The van der Waals surface area contributed by atoms with E-state index in [1.165, 1.54) is 17.2 Å². The summed E-state index contributed by atoms with van der Waals surface area (Å²) < 4.78 is 20.0. The van der Waals surface area contributed by atoms with Crippen LogP contribution in [0.1, 0.15) is 16.7 Å². The van der Waals surface area contributed by atoms with E-state index in [-0.39, 0.29) is 5.82 Å². The van der Waals surface area contributed by atoms with Crippen molar-refractivity contribution in [2.45, 2.75) is 19.4 Å². The molecule has 1 N–H and O–H groups in total. The van der Waals surface area contributed by atoms with Gasteiger partial charge in [0.1, 0.15) is 18.2 Å². The van der Waals surface area contributed by atoms with E-state index in [2.05, 4.69) is 22.3 Å². The lowest BCUT2D eigenvalue weighted by atomic mass is 10.00. The molecule has 3 nitrogen and oxygen atoms in total. The zero-order chi connectivity index (χ0) is 16.5. The Balaban J connectivity index is 1.66. The summed E-state index contributed by atoms with van der Waals surface area (Å²) in [5, 5.41) is 3.86. The third kappa shape index (κ3) is 3.08. The standard InChI is InChI=1S/C19H20ClFN2O/c20-16-2-1-15(17(21)11-16)12-23-7-8-24-19-10-14-4-6-22-5-3-13(14)9-18(19)23/h1-2,9-11,22H,3-8,12H2. The van der Waals surface area contributed by atoms with E-state index in [9.17, 15) is 4.39 Å². The third-order valence-corrected chi connectivity index (χ3v) is 4.99. The first kappa shape index (κ1) is 15.7. The molecule has 0 radical (unpaired) electrons. The van der Waals surface area contributed by atoms with Crippen LogP contribution in [0, 0.1) is 5.82 Å². The first-order valence-electron chi connectivity index (χ1n) is 8.39. The number of nitrogens with one attached hydrogen (secondary N) is 1. The van der Waals surface area contributed by atoms with E-state index < -0.39 is 0 Å². The third-order valence-electron chi connectivity index (χ3n) is 4.76. The summed E-state index contributed by atoms with van der Waals surface area (Å²) >= 11 is 5.86. The predicted molar refractivity (Wildman–Crippen MR) is 94.7 cm³/mol. The van der Waals surface area contributed by atoms with Gasteiger partial charge in [-0.05, 0) is 61.3 Å². The van der Waals surface area contributed by atoms with Crippen LogP contribution in [0.15, 0.2) is 30.3 Å². The molecule has 0 bridgehead atoms. The van der Waals surface area contributed by atoms with E-state index in [0.717, 1.165) is 43.9 Å². The SMILES string of the molecule is Fc1cc(Cl)ccc1CN1CCOc2cc3c(cc21)CCNCC3. The van der Waals surface area contributed by atoms with Crippen LogP contribution < -0.4 is 15.0 Å². The molecule has 0 unspecified atom stereocenters. The molecule has 5 heteroatoms. The highest BCUT2D eigenvalue weighted by Crippen LogP contribution is 2.36. The van der Waals surface area contributed by atoms with Crippen molar-refractivity contribution in [3.63, 3.8) is 0 Å². The monoisotopic (exact) mass is 346 g/mol. The van der Waals surface area contributed by atoms with Gasteiger partial charge in [-0.15, -0.1) is 0 Å². The lowest BCUT2D eigenvalue weighted by Gasteiger charge is -2.32. The molecule has 0 fully saturated rings. The van der Waals surface area contributed by atoms with Crippen molar-refractivity contribution in [1.29, 1.82) is 0 Å². The fraction of sp³-hybridized carbons (Fsp3) is 0.368. The molecule has 0 spiro atoms. The Labute approximate surface area is 146 Å². The topological polar surface area (TPSA) is 24.5 Å². The molecule has 0 saturated carbocycles. The first-order valence-corrected chi connectivity index (χ1v) is 8.77. The molecule has 0 atom stereocenters. The molecular weight excluding hydrogens is 327 g/mol. The van der Waals surface area contributed by atoms with Gasteiger partial charge in [-0.3, -0.25) is 0 Å². The summed E-state index contributed by atoms with van der Waals surface area (Å²) in [5.41, 5.74) is 4.45. The van der Waals surface area contributed by atoms with Crippen molar-refractivity contribution in [1.82, 2.24) is 5.32 Å². The molecule has 2 aromatic rings. The van der Waals surface area contributed by atoms with Gasteiger partial charge in [-0.25, -0.2) is 4.39 Å². The molecule has 0 saturated heterocycles. The molecule has 2 heterocycles. The fourth-order valence-electron chi connectivity index (χ4n) is 3.46. The number of anilines is 1. The minimum atomic E-state index is -0.255. The number of hydrogen-bond acceptors (Lipinski definition) is 3. The maximum atomic E-state index is 14.2. The zero-order valence-corrected chi connectivity index (χ0v) is 14.2. The average molecular weight is 347 g/mol. The summed E-state index contributed by atoms with van der Waals surface area (Å²) in [5.74, 6) is 0.658. The smallest absolute Gasteiger partial charge is 0.142 e. The van der Waals surface area contributed by atoms with E-state index in [1.54, 1.807) is 12.1 Å². The van der Waals surface area contributed by atoms with Crippen LogP contribution in [0.4, 0.5) is 10.1 Å². The summed E-state index contributed by atoms with van der Waals surface area (Å²) in [4.78, 5) is 2.20. The van der Waals surface area contributed by atoms with Gasteiger partial charge in [0.25, 0.3) is 0 Å². The molecule has 2 aromatic carbocycles. The second-order valence-corrected chi connectivity index (χ2v) is 6.78. The van der Waals surface area contributed by atoms with Crippen LogP contribution >= 0.6 is 11.6 Å². The van der Waals surface area contributed by atoms with Gasteiger partial charge < -0.3 is 15.0 Å². The van der Waals surface area contributed by atoms with Crippen molar-refractivity contribution in [2.75, 3.05) is 31.1 Å². The molecular formula is C19H20ClFN2O. The quantitative estimate of drug-likeness (QED) is 0.899. The molecule has 0 aromatic heterocycles. The van der Waals surface area contributed by atoms with Crippen LogP contribution in [0.3, 0.4) is 0 Å². The summed E-state index contributed by atoms with van der Waals surface area (Å²) in [6, 6.07) is 9.28. The molecule has 126 valence electrons. The molecule has 2 aliphatic rings. The Morgan fingerprint density at radius 1 is 1.12 bits per heavy atom. The van der Waals surface area contributed by atoms with Crippen LogP contribution in [-0.4, -0.2) is 26.2 Å². The predicted octanol–water partition coefficient (Wildman–Crippen LogP) is 3.57. The van der Waals surface area contributed by atoms with E-state index in [4.69, 9.17) is 16.3 Å². The number of ether oxygens (including phenoxy) is 1. The highest BCUT2D eigenvalue weighted by molar-refractivity contribution is 6.30. The van der Waals surface area contributed by atoms with Crippen LogP contribution in [0.5, 0.6) is 5.75 Å². The van der Waals surface area contributed by atoms with Crippen molar-refractivity contribution in [3.05, 3.63) is 57.9 Å². The highest BCUT2D eigenvalue weighted by atomic mass is 35.5. The fourth-order valence-corrected chi connectivity index (χ4v) is 3.62. The second kappa shape index (κ2) is 6.61. The normalized spacial score (nSPS) is 16.8. The maximum absolute atomic E-state index is 14.2. The lowest BCUT2D eigenvalue weighted by Crippen LogP contribution is -2.32. The minimum absolute atomic E-state index is 0.255. The zero-order valence-electron chi connectivity index (χ0n) is 13.4. The Kier molecular flexibility index (Phi) is 4.33. The largest absolute Gasteiger partial charge is 0.490 e. The van der Waals surface area contributed by atoms with Gasteiger partial charge in [0.2, 0.25) is 0 Å². The molecule has 2 aliphatic heterocycles. The number of halogens is 2. The maximum Gasteiger partial charge on any atom is 0.142 e. The number of benzene rings is 2. The average Bonchev–Trinajstić information content (AvgIpc) is 2.80. The summed E-state index contributed by atoms with van der Waals surface area (Å²) in [6.07, 6.45) is 2.05. The summed E-state index contributed by atoms with van der Waals surface area (Å²) in [7, 11) is 0. The van der Waals surface area contributed by atoms with Crippen molar-refractivity contribution >= 4 is 17.3 Å². The van der Waals surface area contributed by atoms with Gasteiger partial charge in [-0.2, -0.15) is 0 Å². The van der Waals surface area contributed by atoms with E-state index >= 15 is 0 Å². The first-order chi connectivity index (χ1) is 11.7. The Morgan fingerprint density at radius 3 is 2.71 bits per heavy atom. The second-order valence-electron chi connectivity index (χ2n) is 6.34. The van der Waals surface area contributed by atoms with E-state index in [1.807, 2.05) is 0 Å². The number of nitrogens with zero attached hydrogens (tertiary/aromatic N) is 1. The van der Waals surface area contributed by atoms with Gasteiger partial charge in [0.15, 0.2) is 0 Å². The molecule has 0 amide bonds. The van der Waals surface area contributed by atoms with Gasteiger partial charge >= 0.3 is 0 Å².